The molecule has 1 fully saturated rings. The highest BCUT2D eigenvalue weighted by Gasteiger charge is 2.42. The molecule has 31 heavy (non-hydrogen) atoms. The molecule has 4 heterocycles. The van der Waals surface area contributed by atoms with E-state index in [1.165, 1.54) is 0 Å². The minimum atomic E-state index is -0.121. The first kappa shape index (κ1) is 19.3. The molecule has 1 N–H and O–H groups in total. The van der Waals surface area contributed by atoms with Gasteiger partial charge in [-0.05, 0) is 60.7 Å². The van der Waals surface area contributed by atoms with Crippen LogP contribution < -0.4 is 15.0 Å². The predicted octanol–water partition coefficient (Wildman–Crippen LogP) is 4.45. The quantitative estimate of drug-likeness (QED) is 0.475. The molecule has 0 saturated carbocycles. The Bertz CT molecular complexity index is 1190. The largest absolute Gasteiger partial charge is 0.497 e. The Kier molecular flexibility index (Phi) is 5.09. The maximum Gasteiger partial charge on any atom is 0.174 e. The summed E-state index contributed by atoms with van der Waals surface area (Å²) in [4.78, 5) is 11.1. The van der Waals surface area contributed by atoms with Crippen molar-refractivity contribution in [3.8, 4) is 11.4 Å². The van der Waals surface area contributed by atoms with Gasteiger partial charge in [0.1, 0.15) is 11.8 Å². The van der Waals surface area contributed by atoms with Gasteiger partial charge in [-0.15, -0.1) is 0 Å². The van der Waals surface area contributed by atoms with E-state index in [1.54, 1.807) is 13.3 Å². The van der Waals surface area contributed by atoms with Crippen LogP contribution in [-0.4, -0.2) is 26.8 Å². The minimum absolute atomic E-state index is 0.120. The zero-order valence-corrected chi connectivity index (χ0v) is 17.7. The fraction of sp³-hybridized carbons (Fsp3) is 0.125. The molecule has 1 aliphatic heterocycles. The van der Waals surface area contributed by atoms with Gasteiger partial charge in [-0.2, -0.15) is 0 Å². The van der Waals surface area contributed by atoms with Gasteiger partial charge in [-0.25, -0.2) is 0 Å². The molecule has 0 radical (unpaired) electrons. The molecule has 0 bridgehead atoms. The zero-order chi connectivity index (χ0) is 21.2. The van der Waals surface area contributed by atoms with Gasteiger partial charge in [0.25, 0.3) is 0 Å². The maximum absolute atomic E-state index is 5.81. The summed E-state index contributed by atoms with van der Waals surface area (Å²) in [5.74, 6) is 0.781. The molecule has 2 atom stereocenters. The van der Waals surface area contributed by atoms with Crippen molar-refractivity contribution in [1.29, 1.82) is 0 Å². The van der Waals surface area contributed by atoms with Crippen molar-refractivity contribution < 1.29 is 4.74 Å². The van der Waals surface area contributed by atoms with Crippen molar-refractivity contribution in [2.75, 3.05) is 12.0 Å². The Balaban J connectivity index is 1.67. The Morgan fingerprint density at radius 1 is 0.968 bits per heavy atom. The molecule has 7 heteroatoms. The summed E-state index contributed by atoms with van der Waals surface area (Å²) in [7, 11) is 1.67. The number of hydrogen-bond donors (Lipinski definition) is 1. The van der Waals surface area contributed by atoms with Crippen LogP contribution in [0.1, 0.15) is 23.5 Å². The summed E-state index contributed by atoms with van der Waals surface area (Å²) < 4.78 is 7.61. The van der Waals surface area contributed by atoms with Gasteiger partial charge < -0.3 is 19.5 Å². The highest BCUT2D eigenvalue weighted by molar-refractivity contribution is 7.80. The molecule has 1 aliphatic rings. The first-order valence-electron chi connectivity index (χ1n) is 9.98. The van der Waals surface area contributed by atoms with Crippen LogP contribution in [0.4, 0.5) is 5.69 Å². The molecule has 0 aliphatic carbocycles. The fourth-order valence-electron chi connectivity index (χ4n) is 4.06. The van der Waals surface area contributed by atoms with E-state index in [0.29, 0.717) is 5.11 Å². The Labute approximate surface area is 186 Å². The number of anilines is 1. The fourth-order valence-corrected chi connectivity index (χ4v) is 4.41. The normalized spacial score (nSPS) is 18.1. The number of rotatable bonds is 5. The number of aromatic nitrogens is 3. The molecule has 0 spiro atoms. The maximum atomic E-state index is 5.81. The number of hydrogen-bond acceptors (Lipinski definition) is 4. The number of benzene rings is 1. The van der Waals surface area contributed by atoms with Crippen LogP contribution in [0.25, 0.3) is 5.69 Å². The first-order chi connectivity index (χ1) is 15.3. The van der Waals surface area contributed by atoms with E-state index < -0.39 is 0 Å². The molecule has 5 rings (SSSR count). The summed E-state index contributed by atoms with van der Waals surface area (Å²) in [6, 6.07) is 21.8. The first-order valence-corrected chi connectivity index (χ1v) is 10.4. The number of nitrogens with zero attached hydrogens (tertiary/aromatic N) is 4. The standard InChI is InChI=1S/C24H21N5OS/c1-30-19-9-4-7-17(15-19)29-23(22(27-24(29)31)20-10-2-3-13-26-20)21-11-6-14-28(21)18-8-5-12-25-16-18/h2-16,22-23H,1H3,(H,27,31)/t22-,23+/m1/s1. The van der Waals surface area contributed by atoms with E-state index in [2.05, 4.69) is 30.8 Å². The number of nitrogens with one attached hydrogen (secondary N) is 1. The monoisotopic (exact) mass is 427 g/mol. The number of methoxy groups -OCH3 is 1. The Morgan fingerprint density at radius 3 is 2.65 bits per heavy atom. The second-order valence-corrected chi connectivity index (χ2v) is 7.60. The molecule has 0 unspecified atom stereocenters. The highest BCUT2D eigenvalue weighted by Crippen LogP contribution is 2.42. The van der Waals surface area contributed by atoms with Gasteiger partial charge in [0, 0.05) is 36.0 Å². The second-order valence-electron chi connectivity index (χ2n) is 7.21. The van der Waals surface area contributed by atoms with E-state index in [0.717, 1.165) is 28.5 Å². The van der Waals surface area contributed by atoms with Gasteiger partial charge >= 0.3 is 0 Å². The summed E-state index contributed by atoms with van der Waals surface area (Å²) in [5.41, 5.74) is 3.96. The van der Waals surface area contributed by atoms with E-state index >= 15 is 0 Å². The van der Waals surface area contributed by atoms with Crippen LogP contribution >= 0.6 is 12.2 Å². The molecular formula is C24H21N5OS. The third-order valence-corrected chi connectivity index (χ3v) is 5.75. The van der Waals surface area contributed by atoms with E-state index in [4.69, 9.17) is 17.0 Å². The lowest BCUT2D eigenvalue weighted by Gasteiger charge is -2.29. The molecule has 6 nitrogen and oxygen atoms in total. The van der Waals surface area contributed by atoms with E-state index in [9.17, 15) is 0 Å². The van der Waals surface area contributed by atoms with Gasteiger partial charge in [0.05, 0.1) is 30.7 Å². The van der Waals surface area contributed by atoms with Crippen molar-refractivity contribution in [2.45, 2.75) is 12.1 Å². The van der Waals surface area contributed by atoms with E-state index in [1.807, 2.05) is 79.3 Å². The van der Waals surface area contributed by atoms with Crippen molar-refractivity contribution in [2.24, 2.45) is 0 Å². The van der Waals surface area contributed by atoms with E-state index in [-0.39, 0.29) is 12.1 Å². The van der Waals surface area contributed by atoms with Gasteiger partial charge in [0.15, 0.2) is 5.11 Å². The molecule has 1 aromatic carbocycles. The predicted molar refractivity (Wildman–Crippen MR) is 124 cm³/mol. The van der Waals surface area contributed by atoms with Gasteiger partial charge in [-0.1, -0.05) is 12.1 Å². The van der Waals surface area contributed by atoms with Gasteiger partial charge in [0.2, 0.25) is 0 Å². The van der Waals surface area contributed by atoms with Gasteiger partial charge in [-0.3, -0.25) is 9.97 Å². The summed E-state index contributed by atoms with van der Waals surface area (Å²) in [5, 5.41) is 4.14. The van der Waals surface area contributed by atoms with Crippen LogP contribution in [0, 0.1) is 0 Å². The smallest absolute Gasteiger partial charge is 0.174 e. The topological polar surface area (TPSA) is 55.2 Å². The van der Waals surface area contributed by atoms with Crippen LogP contribution in [0.2, 0.25) is 0 Å². The Hall–Kier alpha value is -3.71. The van der Waals surface area contributed by atoms with Crippen LogP contribution in [0.5, 0.6) is 5.75 Å². The molecule has 1 saturated heterocycles. The van der Waals surface area contributed by atoms with Crippen LogP contribution in [0.3, 0.4) is 0 Å². The van der Waals surface area contributed by atoms with Crippen molar-refractivity contribution in [3.63, 3.8) is 0 Å². The highest BCUT2D eigenvalue weighted by atomic mass is 32.1. The molecule has 0 amide bonds. The van der Waals surface area contributed by atoms with Crippen molar-refractivity contribution in [1.82, 2.24) is 19.9 Å². The summed E-state index contributed by atoms with van der Waals surface area (Å²) in [6.45, 7) is 0. The second kappa shape index (κ2) is 8.20. The number of thiocarbonyl (C=S) groups is 1. The van der Waals surface area contributed by atoms with Crippen LogP contribution in [-0.2, 0) is 0 Å². The van der Waals surface area contributed by atoms with Crippen LogP contribution in [0.15, 0.2) is 91.5 Å². The van der Waals surface area contributed by atoms with Crippen molar-refractivity contribution >= 4 is 23.0 Å². The zero-order valence-electron chi connectivity index (χ0n) is 16.9. The lowest BCUT2D eigenvalue weighted by molar-refractivity contribution is 0.414. The minimum Gasteiger partial charge on any atom is -0.497 e. The summed E-state index contributed by atoms with van der Waals surface area (Å²) in [6.07, 6.45) is 7.49. The lowest BCUT2D eigenvalue weighted by Crippen LogP contribution is -2.30. The third-order valence-electron chi connectivity index (χ3n) is 5.44. The van der Waals surface area contributed by atoms with Crippen molar-refractivity contribution in [3.05, 3.63) is 103 Å². The molecule has 3 aromatic heterocycles. The average molecular weight is 428 g/mol. The Morgan fingerprint density at radius 2 is 1.87 bits per heavy atom. The average Bonchev–Trinajstić information content (AvgIpc) is 3.44. The summed E-state index contributed by atoms with van der Waals surface area (Å²) >= 11 is 5.81. The molecule has 154 valence electrons. The number of pyridine rings is 2. The lowest BCUT2D eigenvalue weighted by atomic mass is 10.0. The SMILES string of the molecule is COc1cccc(N2C(=S)N[C@H](c3ccccn3)[C@@H]2c2cccn2-c2cccnc2)c1. The number of ether oxygens (including phenoxy) is 1. The third kappa shape index (κ3) is 3.53. The molecule has 4 aromatic rings. The molecular weight excluding hydrogens is 406 g/mol.